The van der Waals surface area contributed by atoms with Crippen molar-refractivity contribution in [2.24, 2.45) is 0 Å². The maximum atomic E-state index is 12.3. The highest BCUT2D eigenvalue weighted by Gasteiger charge is 2.17. The number of pyridine rings is 1. The average molecular weight is 342 g/mol. The second kappa shape index (κ2) is 6.71. The van der Waals surface area contributed by atoms with E-state index in [4.69, 9.17) is 4.18 Å². The van der Waals surface area contributed by atoms with E-state index >= 15 is 0 Å². The molecule has 3 aromatic rings. The largest absolute Gasteiger partial charge is 0.297 e. The Bertz CT molecular complexity index is 964. The Hall–Kier alpha value is -2.24. The lowest BCUT2D eigenvalue weighted by atomic mass is 10.2. The molecule has 1 heterocycles. The topological polar surface area (TPSA) is 47.3 Å². The molecule has 0 saturated heterocycles. The number of para-hydroxylation sites is 1. The molecule has 0 aliphatic heterocycles. The fourth-order valence-electron chi connectivity index (χ4n) is 2.67. The van der Waals surface area contributed by atoms with Crippen molar-refractivity contribution >= 4 is 21.0 Å². The van der Waals surface area contributed by atoms with Crippen LogP contribution in [-0.2, 0) is 20.8 Å². The molecular formula is C19H20NO3S+. The molecule has 0 N–H and O–H groups in total. The van der Waals surface area contributed by atoms with E-state index in [9.17, 15) is 8.42 Å². The third kappa shape index (κ3) is 3.47. The first-order chi connectivity index (χ1) is 11.5. The molecule has 0 fully saturated rings. The molecule has 0 spiro atoms. The van der Waals surface area contributed by atoms with E-state index in [0.717, 1.165) is 22.2 Å². The molecule has 0 amide bonds. The standard InChI is InChI=1S/C19H20NO3S/c1-15-7-11-18(12-8-15)24(21,22)23-14-13-20-16(2)9-10-17-5-3-4-6-19(17)20/h3-12H,13-14H2,1-2H3/q+1. The Morgan fingerprint density at radius 1 is 0.917 bits per heavy atom. The summed E-state index contributed by atoms with van der Waals surface area (Å²) < 4.78 is 31.8. The van der Waals surface area contributed by atoms with Crippen molar-refractivity contribution in [2.75, 3.05) is 6.61 Å². The normalized spacial score (nSPS) is 11.8. The van der Waals surface area contributed by atoms with Crippen molar-refractivity contribution in [2.45, 2.75) is 25.3 Å². The molecule has 0 aliphatic carbocycles. The van der Waals surface area contributed by atoms with E-state index in [-0.39, 0.29) is 11.5 Å². The lowest BCUT2D eigenvalue weighted by Gasteiger charge is -2.07. The highest BCUT2D eigenvalue weighted by atomic mass is 32.2. The van der Waals surface area contributed by atoms with Gasteiger partial charge >= 0.3 is 0 Å². The molecule has 0 bridgehead atoms. The molecule has 1 aromatic heterocycles. The van der Waals surface area contributed by atoms with E-state index in [1.165, 1.54) is 0 Å². The predicted molar refractivity (Wildman–Crippen MR) is 93.2 cm³/mol. The summed E-state index contributed by atoms with van der Waals surface area (Å²) in [6.07, 6.45) is 0. The maximum Gasteiger partial charge on any atom is 0.297 e. The second-order valence-electron chi connectivity index (χ2n) is 5.77. The van der Waals surface area contributed by atoms with E-state index in [1.807, 2.05) is 44.2 Å². The van der Waals surface area contributed by atoms with Gasteiger partial charge in [-0.1, -0.05) is 29.8 Å². The number of rotatable bonds is 5. The smallest absolute Gasteiger partial charge is 0.260 e. The van der Waals surface area contributed by atoms with Crippen LogP contribution in [0.2, 0.25) is 0 Å². The summed E-state index contributed by atoms with van der Waals surface area (Å²) in [5, 5.41) is 1.12. The minimum absolute atomic E-state index is 0.0930. The van der Waals surface area contributed by atoms with Gasteiger partial charge in [0.15, 0.2) is 12.2 Å². The summed E-state index contributed by atoms with van der Waals surface area (Å²) in [4.78, 5) is 0.188. The van der Waals surface area contributed by atoms with Crippen LogP contribution in [0.5, 0.6) is 0 Å². The van der Waals surface area contributed by atoms with Gasteiger partial charge in [-0.25, -0.2) is 0 Å². The predicted octanol–water partition coefficient (Wildman–Crippen LogP) is 3.15. The molecule has 0 radical (unpaired) electrons. The van der Waals surface area contributed by atoms with Gasteiger partial charge in [-0.2, -0.15) is 13.0 Å². The van der Waals surface area contributed by atoms with Crippen molar-refractivity contribution in [3.63, 3.8) is 0 Å². The lowest BCUT2D eigenvalue weighted by molar-refractivity contribution is -0.678. The zero-order valence-electron chi connectivity index (χ0n) is 13.8. The number of aryl methyl sites for hydroxylation is 2. The number of nitrogens with zero attached hydrogens (tertiary/aromatic N) is 1. The third-order valence-corrected chi connectivity index (χ3v) is 5.35. The number of hydrogen-bond donors (Lipinski definition) is 0. The molecule has 4 nitrogen and oxygen atoms in total. The van der Waals surface area contributed by atoms with Crippen LogP contribution in [0.15, 0.2) is 65.6 Å². The van der Waals surface area contributed by atoms with E-state index in [0.29, 0.717) is 6.54 Å². The van der Waals surface area contributed by atoms with Crippen LogP contribution in [0.4, 0.5) is 0 Å². The molecule has 2 aromatic carbocycles. The Morgan fingerprint density at radius 2 is 1.62 bits per heavy atom. The Labute approximate surface area is 142 Å². The first-order valence-corrected chi connectivity index (χ1v) is 9.22. The average Bonchev–Trinajstić information content (AvgIpc) is 2.57. The highest BCUT2D eigenvalue weighted by molar-refractivity contribution is 7.86. The second-order valence-corrected chi connectivity index (χ2v) is 7.39. The Morgan fingerprint density at radius 3 is 2.38 bits per heavy atom. The summed E-state index contributed by atoms with van der Waals surface area (Å²) in [6.45, 7) is 4.48. The fourth-order valence-corrected chi connectivity index (χ4v) is 3.57. The van der Waals surface area contributed by atoms with E-state index in [2.05, 4.69) is 10.6 Å². The van der Waals surface area contributed by atoms with Gasteiger partial charge in [0.25, 0.3) is 10.1 Å². The van der Waals surface area contributed by atoms with Crippen molar-refractivity contribution in [1.29, 1.82) is 0 Å². The van der Waals surface area contributed by atoms with Crippen molar-refractivity contribution in [3.8, 4) is 0 Å². The van der Waals surface area contributed by atoms with Crippen LogP contribution in [0.3, 0.4) is 0 Å². The molecule has 5 heteroatoms. The van der Waals surface area contributed by atoms with Crippen molar-refractivity contribution < 1.29 is 17.2 Å². The molecular weight excluding hydrogens is 322 g/mol. The van der Waals surface area contributed by atoms with Crippen LogP contribution in [0.1, 0.15) is 11.3 Å². The summed E-state index contributed by atoms with van der Waals surface area (Å²) in [6, 6.07) is 18.8. The first-order valence-electron chi connectivity index (χ1n) is 7.82. The molecule has 124 valence electrons. The molecule has 0 atom stereocenters. The van der Waals surface area contributed by atoms with Gasteiger partial charge in [-0.15, -0.1) is 0 Å². The van der Waals surface area contributed by atoms with Gasteiger partial charge in [0, 0.05) is 24.4 Å². The van der Waals surface area contributed by atoms with Gasteiger partial charge in [0.1, 0.15) is 6.61 Å². The minimum atomic E-state index is -3.73. The number of benzene rings is 2. The quantitative estimate of drug-likeness (QED) is 0.529. The molecule has 0 aliphatic rings. The van der Waals surface area contributed by atoms with Crippen molar-refractivity contribution in [3.05, 3.63) is 71.9 Å². The van der Waals surface area contributed by atoms with Crippen LogP contribution < -0.4 is 4.57 Å². The third-order valence-electron chi connectivity index (χ3n) is 4.02. The van der Waals surface area contributed by atoms with Crippen LogP contribution >= 0.6 is 0 Å². The summed E-state index contributed by atoms with van der Waals surface area (Å²) in [5.74, 6) is 0. The molecule has 3 rings (SSSR count). The lowest BCUT2D eigenvalue weighted by Crippen LogP contribution is -2.40. The monoisotopic (exact) mass is 342 g/mol. The summed E-state index contributed by atoms with van der Waals surface area (Å²) >= 11 is 0. The first kappa shape index (κ1) is 16.6. The zero-order chi connectivity index (χ0) is 17.2. The Balaban J connectivity index is 1.77. The van der Waals surface area contributed by atoms with Gasteiger partial charge < -0.3 is 0 Å². The number of fused-ring (bicyclic) bond motifs is 1. The maximum absolute atomic E-state index is 12.3. The molecule has 0 unspecified atom stereocenters. The van der Waals surface area contributed by atoms with E-state index in [1.54, 1.807) is 24.3 Å². The van der Waals surface area contributed by atoms with Crippen LogP contribution in [0.25, 0.3) is 10.9 Å². The van der Waals surface area contributed by atoms with Gasteiger partial charge in [0.05, 0.1) is 4.90 Å². The van der Waals surface area contributed by atoms with Gasteiger partial charge in [-0.05, 0) is 31.2 Å². The van der Waals surface area contributed by atoms with Crippen LogP contribution in [-0.4, -0.2) is 15.0 Å². The Kier molecular flexibility index (Phi) is 4.64. The number of aromatic nitrogens is 1. The van der Waals surface area contributed by atoms with Crippen molar-refractivity contribution in [1.82, 2.24) is 0 Å². The fraction of sp³-hybridized carbons (Fsp3) is 0.211. The number of hydrogen-bond acceptors (Lipinski definition) is 3. The zero-order valence-corrected chi connectivity index (χ0v) is 14.6. The summed E-state index contributed by atoms with van der Waals surface area (Å²) in [5.41, 5.74) is 3.13. The van der Waals surface area contributed by atoms with Gasteiger partial charge in [-0.3, -0.25) is 4.18 Å². The van der Waals surface area contributed by atoms with Gasteiger partial charge in [0.2, 0.25) is 5.52 Å². The molecule has 0 saturated carbocycles. The minimum Gasteiger partial charge on any atom is -0.260 e. The highest BCUT2D eigenvalue weighted by Crippen LogP contribution is 2.14. The summed E-state index contributed by atoms with van der Waals surface area (Å²) in [7, 11) is -3.73. The van der Waals surface area contributed by atoms with E-state index < -0.39 is 10.1 Å². The SMILES string of the molecule is Cc1ccc(S(=O)(=O)OCC[n+]2c(C)ccc3ccccc32)cc1. The molecule has 24 heavy (non-hydrogen) atoms. The van der Waals surface area contributed by atoms with Crippen LogP contribution in [0, 0.1) is 13.8 Å².